The summed E-state index contributed by atoms with van der Waals surface area (Å²) < 4.78 is 32.5. The second-order valence-corrected chi connectivity index (χ2v) is 5.13. The third-order valence-electron chi connectivity index (χ3n) is 3.73. The molecule has 3 aromatic rings. The fraction of sp³-hybridized carbons (Fsp3) is 0.0526. The number of carbonyl (C=O) groups excluding carboxylic acids is 1. The normalized spacial score (nSPS) is 10.4. The molecule has 0 aliphatic carbocycles. The van der Waals surface area contributed by atoms with Gasteiger partial charge in [0, 0.05) is 11.6 Å². The molecule has 118 valence electrons. The van der Waals surface area contributed by atoms with E-state index in [1.165, 1.54) is 7.11 Å². The zero-order valence-corrected chi connectivity index (χ0v) is 12.6. The van der Waals surface area contributed by atoms with Crippen LogP contribution in [0.25, 0.3) is 26.7 Å². The molecule has 0 saturated heterocycles. The second kappa shape index (κ2) is 6.09. The van der Waals surface area contributed by atoms with Gasteiger partial charge in [-0.1, -0.05) is 24.3 Å². The molecule has 0 N–H and O–H groups in total. The Balaban J connectivity index is 2.35. The van der Waals surface area contributed by atoms with Gasteiger partial charge in [0.25, 0.3) is 0 Å². The minimum atomic E-state index is -0.822. The Labute approximate surface area is 136 Å². The predicted molar refractivity (Wildman–Crippen MR) is 86.9 cm³/mol. The highest BCUT2D eigenvalue weighted by molar-refractivity contribution is 6.03. The van der Waals surface area contributed by atoms with Crippen LogP contribution in [0.15, 0.2) is 48.5 Å². The van der Waals surface area contributed by atoms with Gasteiger partial charge in [-0.2, -0.15) is 0 Å². The van der Waals surface area contributed by atoms with Crippen LogP contribution in [0.2, 0.25) is 0 Å². The molecule has 0 atom stereocenters. The van der Waals surface area contributed by atoms with Crippen molar-refractivity contribution in [2.75, 3.05) is 7.11 Å². The van der Waals surface area contributed by atoms with Crippen LogP contribution in [0.4, 0.5) is 14.5 Å². The number of fused-ring (bicyclic) bond motifs is 1. The number of hydrogen-bond acceptors (Lipinski definition) is 2. The number of methoxy groups -OCH3 is 1. The van der Waals surface area contributed by atoms with Crippen LogP contribution >= 0.6 is 0 Å². The van der Waals surface area contributed by atoms with Crippen LogP contribution in [-0.4, -0.2) is 13.1 Å². The van der Waals surface area contributed by atoms with E-state index in [1.54, 1.807) is 36.4 Å². The summed E-state index contributed by atoms with van der Waals surface area (Å²) in [6.45, 7) is 7.19. The van der Waals surface area contributed by atoms with Gasteiger partial charge >= 0.3 is 5.97 Å². The van der Waals surface area contributed by atoms with E-state index in [-0.39, 0.29) is 11.3 Å². The standard InChI is InChI=1S/C19H11F2NO2/c1-22-17-10-13(20)9-16(21)18(17)14-5-3-4-11-6-7-12(8-15(11)14)19(23)24-2/h3-10H,2H3. The summed E-state index contributed by atoms with van der Waals surface area (Å²) in [5.41, 5.74) is 0.619. The largest absolute Gasteiger partial charge is 0.465 e. The monoisotopic (exact) mass is 323 g/mol. The molecule has 3 nitrogen and oxygen atoms in total. The van der Waals surface area contributed by atoms with Crippen molar-refractivity contribution in [3.63, 3.8) is 0 Å². The minimum absolute atomic E-state index is 0.0130. The van der Waals surface area contributed by atoms with Gasteiger partial charge in [-0.15, -0.1) is 0 Å². The van der Waals surface area contributed by atoms with Gasteiger partial charge in [0.15, 0.2) is 0 Å². The van der Waals surface area contributed by atoms with Crippen LogP contribution in [0.1, 0.15) is 10.4 Å². The van der Waals surface area contributed by atoms with Crippen molar-refractivity contribution in [1.29, 1.82) is 0 Å². The van der Waals surface area contributed by atoms with Crippen molar-refractivity contribution < 1.29 is 18.3 Å². The van der Waals surface area contributed by atoms with Crippen LogP contribution in [0.3, 0.4) is 0 Å². The highest BCUT2D eigenvalue weighted by atomic mass is 19.1. The Morgan fingerprint density at radius 2 is 1.92 bits per heavy atom. The molecule has 5 heteroatoms. The smallest absolute Gasteiger partial charge is 0.337 e. The fourth-order valence-electron chi connectivity index (χ4n) is 2.65. The van der Waals surface area contributed by atoms with Gasteiger partial charge in [0.1, 0.15) is 11.6 Å². The molecule has 0 saturated carbocycles. The molecule has 24 heavy (non-hydrogen) atoms. The maximum Gasteiger partial charge on any atom is 0.337 e. The first-order chi connectivity index (χ1) is 11.5. The van der Waals surface area contributed by atoms with Gasteiger partial charge < -0.3 is 4.74 Å². The summed E-state index contributed by atoms with van der Waals surface area (Å²) in [4.78, 5) is 15.0. The van der Waals surface area contributed by atoms with E-state index < -0.39 is 17.6 Å². The molecule has 0 amide bonds. The molecule has 0 unspecified atom stereocenters. The van der Waals surface area contributed by atoms with Gasteiger partial charge in [-0.25, -0.2) is 18.4 Å². The summed E-state index contributed by atoms with van der Waals surface area (Å²) in [5.74, 6) is -2.15. The van der Waals surface area contributed by atoms with Crippen molar-refractivity contribution in [1.82, 2.24) is 0 Å². The Bertz CT molecular complexity index is 1010. The maximum absolute atomic E-state index is 14.4. The number of halogens is 2. The van der Waals surface area contributed by atoms with Crippen molar-refractivity contribution in [3.8, 4) is 11.1 Å². The predicted octanol–water partition coefficient (Wildman–Crippen LogP) is 5.12. The Hall–Kier alpha value is -3.26. The van der Waals surface area contributed by atoms with E-state index in [0.717, 1.165) is 17.5 Å². The molecule has 0 fully saturated rings. The van der Waals surface area contributed by atoms with Crippen LogP contribution in [0, 0.1) is 18.2 Å². The third-order valence-corrected chi connectivity index (χ3v) is 3.73. The van der Waals surface area contributed by atoms with E-state index in [2.05, 4.69) is 4.85 Å². The quantitative estimate of drug-likeness (QED) is 0.484. The SMILES string of the molecule is [C-]#[N+]c1cc(F)cc(F)c1-c1cccc2ccc(C(=O)OC)cc12. The number of esters is 1. The van der Waals surface area contributed by atoms with Crippen molar-refractivity contribution in [3.05, 3.63) is 77.1 Å². The average molecular weight is 323 g/mol. The number of ether oxygens (including phenoxy) is 1. The first-order valence-electron chi connectivity index (χ1n) is 7.03. The van der Waals surface area contributed by atoms with Crippen LogP contribution in [-0.2, 0) is 4.74 Å². The molecule has 0 heterocycles. The number of rotatable bonds is 2. The Kier molecular flexibility index (Phi) is 3.97. The van der Waals surface area contributed by atoms with E-state index in [4.69, 9.17) is 11.3 Å². The highest BCUT2D eigenvalue weighted by Gasteiger charge is 2.17. The van der Waals surface area contributed by atoms with E-state index in [1.807, 2.05) is 0 Å². The van der Waals surface area contributed by atoms with Gasteiger partial charge in [0.2, 0.25) is 5.69 Å². The maximum atomic E-state index is 14.4. The van der Waals surface area contributed by atoms with Crippen molar-refractivity contribution >= 4 is 22.4 Å². The first kappa shape index (κ1) is 15.6. The molecule has 0 bridgehead atoms. The lowest BCUT2D eigenvalue weighted by Gasteiger charge is -2.11. The number of benzene rings is 3. The van der Waals surface area contributed by atoms with Crippen molar-refractivity contribution in [2.24, 2.45) is 0 Å². The zero-order valence-electron chi connectivity index (χ0n) is 12.6. The fourth-order valence-corrected chi connectivity index (χ4v) is 2.65. The zero-order chi connectivity index (χ0) is 17.3. The molecular weight excluding hydrogens is 312 g/mol. The lowest BCUT2D eigenvalue weighted by atomic mass is 9.95. The molecule has 0 radical (unpaired) electrons. The highest BCUT2D eigenvalue weighted by Crippen LogP contribution is 2.38. The molecular formula is C19H11F2NO2. The van der Waals surface area contributed by atoms with Crippen LogP contribution < -0.4 is 0 Å². The van der Waals surface area contributed by atoms with Gasteiger partial charge in [-0.05, 0) is 34.5 Å². The summed E-state index contributed by atoms with van der Waals surface area (Å²) in [6.07, 6.45) is 0. The number of hydrogen-bond donors (Lipinski definition) is 0. The Morgan fingerprint density at radius 1 is 1.12 bits per heavy atom. The molecule has 0 aliphatic heterocycles. The van der Waals surface area contributed by atoms with Gasteiger partial charge in [0.05, 0.1) is 19.2 Å². The average Bonchev–Trinajstić information content (AvgIpc) is 2.59. The molecule has 3 rings (SSSR count). The molecule has 0 spiro atoms. The molecule has 3 aromatic carbocycles. The topological polar surface area (TPSA) is 30.7 Å². The summed E-state index contributed by atoms with van der Waals surface area (Å²) >= 11 is 0. The summed E-state index contributed by atoms with van der Waals surface area (Å²) in [5, 5.41) is 1.34. The van der Waals surface area contributed by atoms with Crippen LogP contribution in [0.5, 0.6) is 0 Å². The lowest BCUT2D eigenvalue weighted by molar-refractivity contribution is 0.0601. The molecule has 0 aromatic heterocycles. The molecule has 0 aliphatic rings. The number of nitrogens with zero attached hydrogens (tertiary/aromatic N) is 1. The van der Waals surface area contributed by atoms with E-state index in [0.29, 0.717) is 16.5 Å². The second-order valence-electron chi connectivity index (χ2n) is 5.13. The summed E-state index contributed by atoms with van der Waals surface area (Å²) in [6, 6.07) is 11.8. The van der Waals surface area contributed by atoms with E-state index in [9.17, 15) is 13.6 Å². The van der Waals surface area contributed by atoms with Gasteiger partial charge in [-0.3, -0.25) is 0 Å². The minimum Gasteiger partial charge on any atom is -0.465 e. The van der Waals surface area contributed by atoms with E-state index >= 15 is 0 Å². The Morgan fingerprint density at radius 3 is 2.62 bits per heavy atom. The third kappa shape index (κ3) is 2.59. The number of carbonyl (C=O) groups is 1. The van der Waals surface area contributed by atoms with Crippen molar-refractivity contribution in [2.45, 2.75) is 0 Å². The lowest BCUT2D eigenvalue weighted by Crippen LogP contribution is -2.00. The summed E-state index contributed by atoms with van der Waals surface area (Å²) in [7, 11) is 1.27. The first-order valence-corrected chi connectivity index (χ1v) is 7.03.